The third-order valence-electron chi connectivity index (χ3n) is 6.81. The smallest absolute Gasteiger partial charge is 0.265 e. The summed E-state index contributed by atoms with van der Waals surface area (Å²) in [5.41, 5.74) is 2.48. The maximum absolute atomic E-state index is 12.6. The van der Waals surface area contributed by atoms with Crippen LogP contribution in [-0.4, -0.2) is 79.9 Å². The van der Waals surface area contributed by atoms with Crippen LogP contribution in [0.4, 0.5) is 17.5 Å². The Hall–Kier alpha value is -4.40. The van der Waals surface area contributed by atoms with Crippen LogP contribution in [0.15, 0.2) is 66.1 Å². The number of ether oxygens (including phenoxy) is 2. The molecule has 1 aliphatic rings. The zero-order valence-corrected chi connectivity index (χ0v) is 24.0. The number of H-pyrrole nitrogens is 1. The number of thiocarbonyl (C=S) groups is 1. The van der Waals surface area contributed by atoms with Crippen LogP contribution in [0, 0.1) is 0 Å². The number of nitrogens with one attached hydrogen (secondary N) is 3. The first-order chi connectivity index (χ1) is 20.0. The van der Waals surface area contributed by atoms with E-state index in [2.05, 4.69) is 44.8 Å². The van der Waals surface area contributed by atoms with Gasteiger partial charge in [-0.25, -0.2) is 19.9 Å². The van der Waals surface area contributed by atoms with Gasteiger partial charge in [-0.1, -0.05) is 0 Å². The van der Waals surface area contributed by atoms with E-state index in [1.54, 1.807) is 51.1 Å². The summed E-state index contributed by atoms with van der Waals surface area (Å²) in [6, 6.07) is 12.8. The number of fused-ring (bicyclic) bond motifs is 3. The molecule has 2 aromatic carbocycles. The lowest BCUT2D eigenvalue weighted by Crippen LogP contribution is -2.50. The van der Waals surface area contributed by atoms with Crippen LogP contribution < -0.4 is 24.4 Å². The minimum atomic E-state index is -1.48. The molecule has 0 bridgehead atoms. The van der Waals surface area contributed by atoms with Gasteiger partial charge in [0, 0.05) is 55.7 Å². The molecular formula is C27H27N9O3S2. The molecule has 0 aliphatic carbocycles. The number of hydrogen-bond acceptors (Lipinski definition) is 10. The normalized spacial score (nSPS) is 14.2. The van der Waals surface area contributed by atoms with E-state index in [1.165, 1.54) is 0 Å². The average molecular weight is 590 g/mol. The number of benzene rings is 2. The van der Waals surface area contributed by atoms with Gasteiger partial charge in [-0.2, -0.15) is 4.72 Å². The molecule has 0 spiro atoms. The predicted molar refractivity (Wildman–Crippen MR) is 163 cm³/mol. The molecule has 1 aliphatic heterocycles. The van der Waals surface area contributed by atoms with Crippen LogP contribution in [0.2, 0.25) is 0 Å². The number of piperazine rings is 1. The van der Waals surface area contributed by atoms with Crippen LogP contribution in [0.5, 0.6) is 11.5 Å². The highest BCUT2D eigenvalue weighted by atomic mass is 32.2. The van der Waals surface area contributed by atoms with E-state index in [0.29, 0.717) is 27.5 Å². The first-order valence-corrected chi connectivity index (χ1v) is 14.3. The Kier molecular flexibility index (Phi) is 7.59. The monoisotopic (exact) mass is 589 g/mol. The van der Waals surface area contributed by atoms with Gasteiger partial charge in [0.05, 0.1) is 25.1 Å². The summed E-state index contributed by atoms with van der Waals surface area (Å²) >= 11 is 4.23. The van der Waals surface area contributed by atoms with Crippen LogP contribution >= 0.6 is 12.2 Å². The molecule has 5 aromatic rings. The molecule has 41 heavy (non-hydrogen) atoms. The fraction of sp³-hybridized carbons (Fsp3) is 0.222. The highest BCUT2D eigenvalue weighted by Crippen LogP contribution is 2.38. The third kappa shape index (κ3) is 5.49. The molecule has 0 amide bonds. The fourth-order valence-corrected chi connectivity index (χ4v) is 5.83. The summed E-state index contributed by atoms with van der Waals surface area (Å²) in [6.45, 7) is 2.91. The summed E-state index contributed by atoms with van der Waals surface area (Å²) in [6.07, 6.45) is 4.76. The van der Waals surface area contributed by atoms with Crippen LogP contribution in [0.25, 0.3) is 21.9 Å². The van der Waals surface area contributed by atoms with Crippen molar-refractivity contribution in [2.24, 2.45) is 0 Å². The van der Waals surface area contributed by atoms with Gasteiger partial charge in [-0.3, -0.25) is 0 Å². The van der Waals surface area contributed by atoms with Gasteiger partial charge in [0.2, 0.25) is 0 Å². The summed E-state index contributed by atoms with van der Waals surface area (Å²) in [5, 5.41) is 5.85. The zero-order valence-electron chi connectivity index (χ0n) is 22.3. The van der Waals surface area contributed by atoms with Crippen molar-refractivity contribution in [3.05, 3.63) is 61.2 Å². The Morgan fingerprint density at radius 2 is 1.68 bits per heavy atom. The SMILES string of the molecule is COc1cc2[nH]c3ncnc(N4CCN(C(=S)Nc5ccc([S+]([O-])Nc6ncccn6)cc5)CC4)c3c2cc1OC. The minimum absolute atomic E-state index is 0.306. The second kappa shape index (κ2) is 11.6. The number of hydrogen-bond donors (Lipinski definition) is 3. The van der Waals surface area contributed by atoms with Crippen molar-refractivity contribution in [3.8, 4) is 11.5 Å². The van der Waals surface area contributed by atoms with Gasteiger partial charge in [0.15, 0.2) is 21.5 Å². The molecule has 6 rings (SSSR count). The van der Waals surface area contributed by atoms with Gasteiger partial charge in [-0.05, 0) is 48.6 Å². The summed E-state index contributed by atoms with van der Waals surface area (Å²) in [7, 11) is 3.24. The molecule has 1 fully saturated rings. The standard InChI is InChI=1S/C27H27N9O3S2/c1-38-21-14-19-20(15-22(21)39-2)33-24-23(19)25(31-16-30-24)35-10-12-36(13-11-35)27(40)32-17-4-6-18(7-5-17)41(37)34-26-28-8-3-9-29-26/h3-9,14-16H,10-13H2,1-2H3,(H,32,40)(H,28,29,34)(H,30,31,33). The van der Waals surface area contributed by atoms with E-state index in [4.69, 9.17) is 21.7 Å². The summed E-state index contributed by atoms with van der Waals surface area (Å²) < 4.78 is 26.4. The Balaban J connectivity index is 1.11. The van der Waals surface area contributed by atoms with Gasteiger partial charge in [0.25, 0.3) is 5.95 Å². The van der Waals surface area contributed by atoms with Crippen molar-refractivity contribution in [2.45, 2.75) is 4.90 Å². The predicted octanol–water partition coefficient (Wildman–Crippen LogP) is 3.57. The fourth-order valence-electron chi connectivity index (χ4n) is 4.76. The molecule has 3 aromatic heterocycles. The van der Waals surface area contributed by atoms with Crippen LogP contribution in [0.1, 0.15) is 0 Å². The van der Waals surface area contributed by atoms with Gasteiger partial charge >= 0.3 is 0 Å². The largest absolute Gasteiger partial charge is 0.588 e. The number of rotatable bonds is 7. The third-order valence-corrected chi connectivity index (χ3v) is 8.24. The second-order valence-electron chi connectivity index (χ2n) is 9.17. The van der Waals surface area contributed by atoms with E-state index in [0.717, 1.165) is 59.6 Å². The van der Waals surface area contributed by atoms with Crippen molar-refractivity contribution in [2.75, 3.05) is 55.3 Å². The number of aromatic nitrogens is 5. The molecule has 0 saturated carbocycles. The highest BCUT2D eigenvalue weighted by Gasteiger charge is 2.24. The maximum atomic E-state index is 12.6. The van der Waals surface area contributed by atoms with E-state index in [9.17, 15) is 4.55 Å². The maximum Gasteiger partial charge on any atom is 0.265 e. The first kappa shape index (κ1) is 26.8. The number of anilines is 3. The van der Waals surface area contributed by atoms with Crippen LogP contribution in [0.3, 0.4) is 0 Å². The molecule has 1 atom stereocenters. The topological polar surface area (TPSA) is 139 Å². The highest BCUT2D eigenvalue weighted by molar-refractivity contribution is 7.92. The van der Waals surface area contributed by atoms with Gasteiger partial charge < -0.3 is 34.1 Å². The van der Waals surface area contributed by atoms with Crippen molar-refractivity contribution >= 4 is 68.1 Å². The Morgan fingerprint density at radius 1 is 0.976 bits per heavy atom. The van der Waals surface area contributed by atoms with E-state index >= 15 is 0 Å². The Morgan fingerprint density at radius 3 is 2.39 bits per heavy atom. The molecule has 0 radical (unpaired) electrons. The average Bonchev–Trinajstić information content (AvgIpc) is 3.39. The number of nitrogens with zero attached hydrogens (tertiary/aromatic N) is 6. The molecule has 1 unspecified atom stereocenters. The summed E-state index contributed by atoms with van der Waals surface area (Å²) in [4.78, 5) is 25.6. The van der Waals surface area contributed by atoms with E-state index < -0.39 is 11.4 Å². The van der Waals surface area contributed by atoms with E-state index in [-0.39, 0.29) is 0 Å². The molecule has 12 nitrogen and oxygen atoms in total. The zero-order chi connectivity index (χ0) is 28.3. The summed E-state index contributed by atoms with van der Waals surface area (Å²) in [5.74, 6) is 2.47. The molecule has 210 valence electrons. The lowest BCUT2D eigenvalue weighted by atomic mass is 10.1. The minimum Gasteiger partial charge on any atom is -0.588 e. The Bertz CT molecular complexity index is 1680. The van der Waals surface area contributed by atoms with Gasteiger partial charge in [-0.15, -0.1) is 0 Å². The molecular weight excluding hydrogens is 562 g/mol. The van der Waals surface area contributed by atoms with Crippen molar-refractivity contribution in [1.29, 1.82) is 0 Å². The second-order valence-corrected chi connectivity index (χ2v) is 10.8. The Labute approximate surface area is 244 Å². The van der Waals surface area contributed by atoms with E-state index in [1.807, 2.05) is 24.3 Å². The van der Waals surface area contributed by atoms with Crippen molar-refractivity contribution in [3.63, 3.8) is 0 Å². The quantitative estimate of drug-likeness (QED) is 0.189. The number of methoxy groups -OCH3 is 2. The van der Waals surface area contributed by atoms with Crippen molar-refractivity contribution in [1.82, 2.24) is 29.8 Å². The number of aromatic amines is 1. The van der Waals surface area contributed by atoms with Crippen LogP contribution in [-0.2, 0) is 11.4 Å². The molecule has 1 saturated heterocycles. The lowest BCUT2D eigenvalue weighted by molar-refractivity contribution is 0.356. The molecule has 14 heteroatoms. The lowest BCUT2D eigenvalue weighted by Gasteiger charge is -2.37. The molecule has 4 heterocycles. The van der Waals surface area contributed by atoms with Gasteiger partial charge in [0.1, 0.15) is 29.2 Å². The first-order valence-electron chi connectivity index (χ1n) is 12.8. The van der Waals surface area contributed by atoms with Crippen molar-refractivity contribution < 1.29 is 14.0 Å². The molecule has 3 N–H and O–H groups in total.